The van der Waals surface area contributed by atoms with Crippen molar-refractivity contribution >= 4 is 5.97 Å². The Bertz CT molecular complexity index is 806. The number of carbonyl (C=O) groups is 1. The van der Waals surface area contributed by atoms with Crippen LogP contribution in [0.25, 0.3) is 0 Å². The molecule has 0 saturated carbocycles. The Morgan fingerprint density at radius 3 is 2.31 bits per heavy atom. The molecule has 32 heavy (non-hydrogen) atoms. The summed E-state index contributed by atoms with van der Waals surface area (Å²) in [7, 11) is 0. The number of aromatic amines is 1. The zero-order valence-electron chi connectivity index (χ0n) is 19.6. The monoisotopic (exact) mass is 454 g/mol. The quantitative estimate of drug-likeness (QED) is 0.306. The van der Waals surface area contributed by atoms with Crippen molar-refractivity contribution in [3.63, 3.8) is 0 Å². The summed E-state index contributed by atoms with van der Waals surface area (Å²) < 4.78 is 26.3. The number of halogens is 1. The molecule has 0 radical (unpaired) electrons. The summed E-state index contributed by atoms with van der Waals surface area (Å²) in [5.74, 6) is -0.350. The highest BCUT2D eigenvalue weighted by atomic mass is 19.1. The Balaban J connectivity index is 1.57. The van der Waals surface area contributed by atoms with Crippen LogP contribution in [0.15, 0.2) is 15.8 Å². The molecule has 8 heteroatoms. The van der Waals surface area contributed by atoms with Gasteiger partial charge in [-0.3, -0.25) is 19.1 Å². The molecule has 0 aromatic carbocycles. The van der Waals surface area contributed by atoms with E-state index in [-0.39, 0.29) is 19.0 Å². The number of alkyl halides is 1. The first-order valence-corrected chi connectivity index (χ1v) is 12.2. The maximum atomic E-state index is 14.3. The number of aryl methyl sites for hydroxylation is 1. The van der Waals surface area contributed by atoms with Crippen molar-refractivity contribution in [1.82, 2.24) is 9.55 Å². The van der Waals surface area contributed by atoms with E-state index in [1.54, 1.807) is 6.92 Å². The van der Waals surface area contributed by atoms with Crippen molar-refractivity contribution < 1.29 is 18.7 Å². The first-order valence-electron chi connectivity index (χ1n) is 12.2. The topological polar surface area (TPSA) is 90.4 Å². The summed E-state index contributed by atoms with van der Waals surface area (Å²) in [4.78, 5) is 37.6. The molecule has 1 aliphatic rings. The first-order chi connectivity index (χ1) is 15.4. The van der Waals surface area contributed by atoms with Gasteiger partial charge in [0.2, 0.25) is 0 Å². The van der Waals surface area contributed by atoms with E-state index in [0.717, 1.165) is 19.3 Å². The molecule has 182 valence electrons. The molecule has 0 unspecified atom stereocenters. The molecule has 0 bridgehead atoms. The third-order valence-electron chi connectivity index (χ3n) is 6.01. The van der Waals surface area contributed by atoms with Gasteiger partial charge in [0.05, 0.1) is 0 Å². The third-order valence-corrected chi connectivity index (χ3v) is 6.01. The maximum Gasteiger partial charge on any atom is 0.330 e. The fraction of sp³-hybridized carbons (Fsp3) is 0.792. The van der Waals surface area contributed by atoms with Crippen LogP contribution in [0.1, 0.15) is 102 Å². The summed E-state index contributed by atoms with van der Waals surface area (Å²) in [5, 5.41) is 0. The minimum atomic E-state index is -1.35. The number of hydrogen-bond donors (Lipinski definition) is 1. The number of hydrogen-bond acceptors (Lipinski definition) is 5. The lowest BCUT2D eigenvalue weighted by Gasteiger charge is -2.16. The van der Waals surface area contributed by atoms with E-state index in [0.29, 0.717) is 12.0 Å². The number of ether oxygens (including phenoxy) is 2. The van der Waals surface area contributed by atoms with E-state index in [1.807, 2.05) is 0 Å². The van der Waals surface area contributed by atoms with Crippen molar-refractivity contribution in [2.24, 2.45) is 0 Å². The Labute approximate surface area is 189 Å². The van der Waals surface area contributed by atoms with Gasteiger partial charge in [-0.2, -0.15) is 0 Å². The molecule has 7 nitrogen and oxygen atoms in total. The van der Waals surface area contributed by atoms with E-state index in [1.165, 1.54) is 62.1 Å². The lowest BCUT2D eigenvalue weighted by molar-refractivity contribution is -0.149. The standard InChI is InChI=1S/C24H39FN2O5/c1-3-4-5-6-7-8-9-10-11-12-13-14-22(28)31-17-20-19(25)15-21(32-20)27-16-18(2)23(29)26-24(27)30/h16,19-21H,3-15,17H2,1-2H3,(H,26,29,30)/t19-,20+,21+/m0/s1. The lowest BCUT2D eigenvalue weighted by Crippen LogP contribution is -2.33. The highest BCUT2D eigenvalue weighted by molar-refractivity contribution is 5.69. The van der Waals surface area contributed by atoms with Crippen LogP contribution < -0.4 is 11.2 Å². The second kappa shape index (κ2) is 14.2. The SMILES string of the molecule is CCCCCCCCCCCCCC(=O)OC[C@H]1O[C@@H](n2cc(C)c(=O)[nH]c2=O)C[C@@H]1F. The predicted octanol–water partition coefficient (Wildman–Crippen LogP) is 4.71. The summed E-state index contributed by atoms with van der Waals surface area (Å²) in [6.45, 7) is 3.61. The number of nitrogens with one attached hydrogen (secondary N) is 1. The van der Waals surface area contributed by atoms with Gasteiger partial charge in [0.25, 0.3) is 5.56 Å². The Morgan fingerprint density at radius 2 is 1.69 bits per heavy atom. The molecule has 1 aliphatic heterocycles. The molecule has 1 fully saturated rings. The fourth-order valence-electron chi connectivity index (χ4n) is 3.99. The second-order valence-electron chi connectivity index (χ2n) is 8.83. The zero-order valence-corrected chi connectivity index (χ0v) is 19.6. The molecule has 0 spiro atoms. The molecule has 3 atom stereocenters. The smallest absolute Gasteiger partial charge is 0.330 e. The van der Waals surface area contributed by atoms with Gasteiger partial charge in [-0.05, 0) is 13.3 Å². The van der Waals surface area contributed by atoms with Crippen LogP contribution >= 0.6 is 0 Å². The minimum Gasteiger partial charge on any atom is -0.463 e. The molecule has 1 N–H and O–H groups in total. The summed E-state index contributed by atoms with van der Waals surface area (Å²) in [5.41, 5.74) is -0.786. The summed E-state index contributed by atoms with van der Waals surface area (Å²) >= 11 is 0. The van der Waals surface area contributed by atoms with Crippen LogP contribution in [0.4, 0.5) is 4.39 Å². The maximum absolute atomic E-state index is 14.3. The van der Waals surface area contributed by atoms with Gasteiger partial charge in [0.15, 0.2) is 0 Å². The van der Waals surface area contributed by atoms with Gasteiger partial charge in [0, 0.05) is 24.6 Å². The normalized spacial score (nSPS) is 20.5. The van der Waals surface area contributed by atoms with Crippen molar-refractivity contribution in [3.8, 4) is 0 Å². The van der Waals surface area contributed by atoms with Crippen molar-refractivity contribution in [2.45, 2.75) is 116 Å². The fourth-order valence-corrected chi connectivity index (χ4v) is 3.99. The largest absolute Gasteiger partial charge is 0.463 e. The molecule has 0 aliphatic carbocycles. The number of aromatic nitrogens is 2. The third kappa shape index (κ3) is 8.88. The van der Waals surface area contributed by atoms with E-state index >= 15 is 0 Å². The first kappa shape index (κ1) is 26.3. The molecular weight excluding hydrogens is 415 g/mol. The Morgan fingerprint density at radius 1 is 1.09 bits per heavy atom. The number of H-pyrrole nitrogens is 1. The number of esters is 1. The van der Waals surface area contributed by atoms with Gasteiger partial charge in [-0.15, -0.1) is 0 Å². The average Bonchev–Trinajstić information content (AvgIpc) is 3.13. The van der Waals surface area contributed by atoms with Crippen LogP contribution in [0.3, 0.4) is 0 Å². The van der Waals surface area contributed by atoms with Crippen molar-refractivity contribution in [3.05, 3.63) is 32.6 Å². The Kier molecular flexibility index (Phi) is 11.7. The highest BCUT2D eigenvalue weighted by Crippen LogP contribution is 2.30. The molecular formula is C24H39FN2O5. The zero-order chi connectivity index (χ0) is 23.3. The number of carbonyl (C=O) groups excluding carboxylic acids is 1. The van der Waals surface area contributed by atoms with Gasteiger partial charge >= 0.3 is 11.7 Å². The van der Waals surface area contributed by atoms with E-state index in [4.69, 9.17) is 9.47 Å². The summed E-state index contributed by atoms with van der Waals surface area (Å²) in [6, 6.07) is 0. The van der Waals surface area contributed by atoms with Gasteiger partial charge < -0.3 is 9.47 Å². The molecule has 0 amide bonds. The molecule has 2 heterocycles. The molecule has 1 aromatic heterocycles. The lowest BCUT2D eigenvalue weighted by atomic mass is 10.1. The van der Waals surface area contributed by atoms with Crippen LogP contribution in [-0.4, -0.2) is 34.4 Å². The van der Waals surface area contributed by atoms with E-state index in [2.05, 4.69) is 11.9 Å². The number of rotatable bonds is 15. The predicted molar refractivity (Wildman–Crippen MR) is 122 cm³/mol. The van der Waals surface area contributed by atoms with Crippen LogP contribution in [-0.2, 0) is 14.3 Å². The van der Waals surface area contributed by atoms with E-state index in [9.17, 15) is 18.8 Å². The molecule has 1 aromatic rings. The summed E-state index contributed by atoms with van der Waals surface area (Å²) in [6.07, 6.45) is 11.8. The van der Waals surface area contributed by atoms with Crippen molar-refractivity contribution in [1.29, 1.82) is 0 Å². The highest BCUT2D eigenvalue weighted by Gasteiger charge is 2.37. The van der Waals surface area contributed by atoms with Crippen LogP contribution in [0.5, 0.6) is 0 Å². The van der Waals surface area contributed by atoms with E-state index < -0.39 is 29.8 Å². The average molecular weight is 455 g/mol. The van der Waals surface area contributed by atoms with Gasteiger partial charge in [0.1, 0.15) is 25.1 Å². The van der Waals surface area contributed by atoms with Crippen molar-refractivity contribution in [2.75, 3.05) is 6.61 Å². The molecule has 2 rings (SSSR count). The van der Waals surface area contributed by atoms with Crippen LogP contribution in [0.2, 0.25) is 0 Å². The number of unbranched alkanes of at least 4 members (excludes halogenated alkanes) is 10. The number of nitrogens with zero attached hydrogens (tertiary/aromatic N) is 1. The molecule has 1 saturated heterocycles. The minimum absolute atomic E-state index is 0.0355. The van der Waals surface area contributed by atoms with Gasteiger partial charge in [-0.1, -0.05) is 71.1 Å². The second-order valence-corrected chi connectivity index (χ2v) is 8.83. The Hall–Kier alpha value is -1.96. The van der Waals surface area contributed by atoms with Gasteiger partial charge in [-0.25, -0.2) is 9.18 Å². The van der Waals surface area contributed by atoms with Crippen LogP contribution in [0, 0.1) is 6.92 Å².